The lowest BCUT2D eigenvalue weighted by Gasteiger charge is -2.23. The van der Waals surface area contributed by atoms with Crippen molar-refractivity contribution in [3.05, 3.63) is 238 Å². The number of nitrogens with zero attached hydrogens (tertiary/aromatic N) is 11. The van der Waals surface area contributed by atoms with Crippen LogP contribution in [0, 0.1) is 102 Å². The molecule has 386 valence electrons. The van der Waals surface area contributed by atoms with Crippen LogP contribution in [0.15, 0.2) is 182 Å². The first-order valence-electron chi connectivity index (χ1n) is 25.6. The van der Waals surface area contributed by atoms with Gasteiger partial charge in [0.25, 0.3) is 0 Å². The van der Waals surface area contributed by atoms with Crippen molar-refractivity contribution < 1.29 is 13.2 Å². The molecule has 0 aliphatic carbocycles. The van der Waals surface area contributed by atoms with Crippen molar-refractivity contribution in [1.82, 2.24) is 9.13 Å². The van der Waals surface area contributed by atoms with Crippen LogP contribution in [0.1, 0.15) is 55.6 Å². The van der Waals surface area contributed by atoms with E-state index in [1.807, 2.05) is 0 Å². The summed E-state index contributed by atoms with van der Waals surface area (Å²) in [5.74, 6) is 0. The molecule has 0 unspecified atom stereocenters. The van der Waals surface area contributed by atoms with Crippen LogP contribution >= 0.6 is 0 Å². The van der Waals surface area contributed by atoms with Gasteiger partial charge in [-0.25, -0.2) is 0 Å². The lowest BCUT2D eigenvalue weighted by Crippen LogP contribution is -2.16. The van der Waals surface area contributed by atoms with Gasteiger partial charge < -0.3 is 9.13 Å². The zero-order chi connectivity index (χ0) is 58.6. The number of rotatable bonds is 7. The van der Waals surface area contributed by atoms with Crippen molar-refractivity contribution in [2.45, 2.75) is 6.18 Å². The van der Waals surface area contributed by atoms with Gasteiger partial charge in [0, 0.05) is 21.5 Å². The highest BCUT2D eigenvalue weighted by atomic mass is 19.4. The standard InChI is InChI=1S/C70H30F3N11/c71-70(72,73)69-67(83-63-25-46(55-12-4-41(32-75)21-51(55)36-79)8-16-59(63)60-17-9-47(26-64(60)83)56-13-5-42(33-76)22-52(56)37-80)29-50(45-3-1-2-40(20-45)31-74)30-68(69)84-65-27-48(57-14-6-43(34-77)23-53(57)38-81)10-18-61(65)62-19-11-49(28-66(62)84)58-15-7-44(35-78)24-54(58)39-82/h1-30H. The SMILES string of the molecule is N#Cc1cccc(-c2cc(-n3c4cc(-c5ccc(C#N)cc5C#N)ccc4c4ccc(-c5ccc(C#N)cc5C#N)cc43)c(C(F)(F)F)c(-n3c4cc(-c5ccc(C#N)cc5C#N)ccc4c4ccc(-c5ccc(C#N)cc5C#N)cc43)c2)c1. The zero-order valence-corrected chi connectivity index (χ0v) is 43.4. The predicted molar refractivity (Wildman–Crippen MR) is 310 cm³/mol. The van der Waals surface area contributed by atoms with Crippen molar-refractivity contribution in [2.24, 2.45) is 0 Å². The Balaban J connectivity index is 1.28. The maximum atomic E-state index is 17.5. The van der Waals surface area contributed by atoms with Crippen LogP contribution in [0.5, 0.6) is 0 Å². The third kappa shape index (κ3) is 8.57. The largest absolute Gasteiger partial charge is 0.420 e. The highest BCUT2D eigenvalue weighted by molar-refractivity contribution is 6.13. The summed E-state index contributed by atoms with van der Waals surface area (Å²) in [5, 5.41) is 92.9. The van der Waals surface area contributed by atoms with Gasteiger partial charge in [-0.2, -0.15) is 60.5 Å². The molecule has 0 saturated heterocycles. The molecule has 12 aromatic rings. The summed E-state index contributed by atoms with van der Waals surface area (Å²) >= 11 is 0. The second-order valence-electron chi connectivity index (χ2n) is 19.6. The monoisotopic (exact) mass is 1080 g/mol. The fourth-order valence-electron chi connectivity index (χ4n) is 11.2. The van der Waals surface area contributed by atoms with Crippen LogP contribution in [0.2, 0.25) is 0 Å². The van der Waals surface area contributed by atoms with E-state index >= 15 is 13.2 Å². The van der Waals surface area contributed by atoms with Crippen LogP contribution in [0.4, 0.5) is 13.2 Å². The van der Waals surface area contributed by atoms with Gasteiger partial charge in [-0.15, -0.1) is 0 Å². The van der Waals surface area contributed by atoms with E-state index in [-0.39, 0.29) is 89.1 Å². The maximum absolute atomic E-state index is 17.5. The summed E-state index contributed by atoms with van der Waals surface area (Å²) in [4.78, 5) is 0. The van der Waals surface area contributed by atoms with Crippen molar-refractivity contribution >= 4 is 43.6 Å². The average molecular weight is 1080 g/mol. The summed E-state index contributed by atoms with van der Waals surface area (Å²) in [6.07, 6.45) is -5.20. The Labute approximate surface area is 476 Å². The van der Waals surface area contributed by atoms with E-state index in [4.69, 9.17) is 0 Å². The molecule has 0 bridgehead atoms. The van der Waals surface area contributed by atoms with Crippen LogP contribution < -0.4 is 0 Å². The van der Waals surface area contributed by atoms with Crippen molar-refractivity contribution in [3.8, 4) is 122 Å². The Hall–Kier alpha value is -13.0. The van der Waals surface area contributed by atoms with E-state index in [2.05, 4.69) is 54.6 Å². The molecule has 84 heavy (non-hydrogen) atoms. The molecule has 2 heterocycles. The van der Waals surface area contributed by atoms with Gasteiger partial charge in [0.05, 0.1) is 138 Å². The molecule has 0 N–H and O–H groups in total. The third-order valence-corrected chi connectivity index (χ3v) is 15.0. The van der Waals surface area contributed by atoms with Crippen molar-refractivity contribution in [1.29, 1.82) is 47.4 Å². The number of nitriles is 9. The summed E-state index contributed by atoms with van der Waals surface area (Å²) in [6.45, 7) is 0. The van der Waals surface area contributed by atoms with E-state index < -0.39 is 11.7 Å². The number of alkyl halides is 3. The van der Waals surface area contributed by atoms with E-state index in [9.17, 15) is 47.4 Å². The molecular formula is C70H30F3N11. The molecule has 0 amide bonds. The highest BCUT2D eigenvalue weighted by Gasteiger charge is 2.40. The van der Waals surface area contributed by atoms with Crippen LogP contribution in [-0.2, 0) is 6.18 Å². The van der Waals surface area contributed by atoms with Gasteiger partial charge in [0.15, 0.2) is 0 Å². The molecule has 0 aliphatic heterocycles. The zero-order valence-electron chi connectivity index (χ0n) is 43.4. The Morgan fingerprint density at radius 3 is 0.845 bits per heavy atom. The van der Waals surface area contributed by atoms with E-state index in [1.54, 1.807) is 146 Å². The second kappa shape index (κ2) is 20.3. The fourth-order valence-corrected chi connectivity index (χ4v) is 11.2. The van der Waals surface area contributed by atoms with E-state index in [0.29, 0.717) is 71.6 Å². The Kier molecular flexibility index (Phi) is 12.5. The number of aromatic nitrogens is 2. The Morgan fingerprint density at radius 2 is 0.571 bits per heavy atom. The summed E-state index contributed by atoms with van der Waals surface area (Å²) in [7, 11) is 0. The molecular weight excluding hydrogens is 1050 g/mol. The first-order valence-corrected chi connectivity index (χ1v) is 25.6. The average Bonchev–Trinajstić information content (AvgIpc) is 2.54. The molecule has 10 aromatic carbocycles. The lowest BCUT2D eigenvalue weighted by molar-refractivity contribution is -0.137. The molecule has 12 rings (SSSR count). The molecule has 0 saturated carbocycles. The quantitative estimate of drug-likeness (QED) is 0.148. The molecule has 2 aromatic heterocycles. The molecule has 0 aliphatic rings. The molecule has 0 fully saturated rings. The molecule has 0 spiro atoms. The van der Waals surface area contributed by atoms with Gasteiger partial charge in [-0.3, -0.25) is 0 Å². The van der Waals surface area contributed by atoms with Gasteiger partial charge >= 0.3 is 6.18 Å². The van der Waals surface area contributed by atoms with Crippen LogP contribution in [-0.4, -0.2) is 9.13 Å². The minimum atomic E-state index is -5.20. The molecule has 14 heteroatoms. The minimum absolute atomic E-state index is 0.150. The topological polar surface area (TPSA) is 224 Å². The van der Waals surface area contributed by atoms with Crippen LogP contribution in [0.3, 0.4) is 0 Å². The summed E-state index contributed by atoms with van der Waals surface area (Å²) < 4.78 is 55.5. The maximum Gasteiger partial charge on any atom is 0.420 e. The predicted octanol–water partition coefficient (Wildman–Crippen LogP) is 16.1. The number of hydrogen-bond donors (Lipinski definition) is 0. The Morgan fingerprint density at radius 1 is 0.274 bits per heavy atom. The van der Waals surface area contributed by atoms with E-state index in [0.717, 1.165) is 0 Å². The van der Waals surface area contributed by atoms with Gasteiger partial charge in [0.1, 0.15) is 5.56 Å². The minimum Gasteiger partial charge on any atom is -0.308 e. The first-order chi connectivity index (χ1) is 40.8. The Bertz CT molecular complexity index is 4760. The third-order valence-electron chi connectivity index (χ3n) is 15.0. The van der Waals surface area contributed by atoms with Gasteiger partial charge in [-0.1, -0.05) is 84.9 Å². The van der Waals surface area contributed by atoms with Gasteiger partial charge in [-0.05, 0) is 153 Å². The number of hydrogen-bond acceptors (Lipinski definition) is 9. The van der Waals surface area contributed by atoms with E-state index in [1.165, 1.54) is 45.5 Å². The van der Waals surface area contributed by atoms with Crippen LogP contribution in [0.25, 0.3) is 111 Å². The first kappa shape index (κ1) is 51.7. The normalized spacial score (nSPS) is 10.9. The summed E-state index contributed by atoms with van der Waals surface area (Å²) in [6, 6.07) is 67.5. The smallest absolute Gasteiger partial charge is 0.308 e. The number of fused-ring (bicyclic) bond motifs is 6. The lowest BCUT2D eigenvalue weighted by atomic mass is 9.96. The molecule has 0 radical (unpaired) electrons. The number of benzene rings is 10. The molecule has 0 atom stereocenters. The van der Waals surface area contributed by atoms with Gasteiger partial charge in [0.2, 0.25) is 0 Å². The van der Waals surface area contributed by atoms with Crippen molar-refractivity contribution in [2.75, 3.05) is 0 Å². The fraction of sp³-hybridized carbons (Fsp3) is 0.0143. The molecule has 11 nitrogen and oxygen atoms in total. The summed E-state index contributed by atoms with van der Waals surface area (Å²) in [5.41, 5.74) is 5.02. The highest BCUT2D eigenvalue weighted by Crippen LogP contribution is 2.48. The van der Waals surface area contributed by atoms with Crippen molar-refractivity contribution in [3.63, 3.8) is 0 Å². The number of halogens is 3. The second-order valence-corrected chi connectivity index (χ2v) is 19.6.